The molecule has 44 heavy (non-hydrogen) atoms. The third-order valence-electron chi connectivity index (χ3n) is 9.97. The first-order valence-corrected chi connectivity index (χ1v) is 17.2. The maximum atomic E-state index is 16.8. The van der Waals surface area contributed by atoms with Gasteiger partial charge in [-0.15, -0.1) is 0 Å². The van der Waals surface area contributed by atoms with E-state index in [4.69, 9.17) is 14.7 Å². The fraction of sp³-hybridized carbons (Fsp3) is 0.500. The van der Waals surface area contributed by atoms with Crippen LogP contribution in [0.5, 0.6) is 11.8 Å². The second kappa shape index (κ2) is 11.3. The molecule has 3 saturated heterocycles. The summed E-state index contributed by atoms with van der Waals surface area (Å²) in [6.45, 7) is 7.50. The Morgan fingerprint density at radius 3 is 2.66 bits per heavy atom. The Morgan fingerprint density at radius 1 is 1.11 bits per heavy atom. The van der Waals surface area contributed by atoms with E-state index in [1.54, 1.807) is 18.3 Å². The number of benzene rings is 2. The van der Waals surface area contributed by atoms with Gasteiger partial charge < -0.3 is 25.0 Å². The molecule has 1 saturated carbocycles. The van der Waals surface area contributed by atoms with Crippen molar-refractivity contribution in [3.05, 3.63) is 47.9 Å². The van der Waals surface area contributed by atoms with Gasteiger partial charge in [-0.25, -0.2) is 4.39 Å². The lowest BCUT2D eigenvalue weighted by Crippen LogP contribution is -2.51. The zero-order valence-electron chi connectivity index (χ0n) is 25.2. The molecule has 3 aliphatic heterocycles. The van der Waals surface area contributed by atoms with Crippen molar-refractivity contribution in [1.29, 1.82) is 0 Å². The first-order valence-electron chi connectivity index (χ1n) is 16.0. The molecule has 2 aromatic carbocycles. The number of phenols is 1. The highest BCUT2D eigenvalue weighted by atomic mass is 32.2. The summed E-state index contributed by atoms with van der Waals surface area (Å²) in [6, 6.07) is 10.3. The van der Waals surface area contributed by atoms with Gasteiger partial charge >= 0.3 is 6.01 Å². The van der Waals surface area contributed by atoms with Gasteiger partial charge in [0, 0.05) is 73.5 Å². The molecule has 5 heterocycles. The third kappa shape index (κ3) is 5.24. The van der Waals surface area contributed by atoms with Gasteiger partial charge in [0.25, 0.3) is 0 Å². The minimum atomic E-state index is -0.515. The zero-order chi connectivity index (χ0) is 29.8. The van der Waals surface area contributed by atoms with E-state index >= 15 is 4.39 Å². The van der Waals surface area contributed by atoms with Crippen molar-refractivity contribution >= 4 is 39.3 Å². The third-order valence-corrected chi connectivity index (χ3v) is 10.9. The molecular weight excluding hydrogens is 575 g/mol. The van der Waals surface area contributed by atoms with Crippen LogP contribution in [0.3, 0.4) is 0 Å². The summed E-state index contributed by atoms with van der Waals surface area (Å²) >= 11 is 2.02. The van der Waals surface area contributed by atoms with E-state index in [1.165, 1.54) is 11.5 Å². The number of pyridine rings is 1. The highest BCUT2D eigenvalue weighted by molar-refractivity contribution is 7.99. The second-order valence-electron chi connectivity index (χ2n) is 13.1. The second-order valence-corrected chi connectivity index (χ2v) is 14.3. The molecule has 10 heteroatoms. The number of nitrogens with one attached hydrogen (secondary N) is 1. The predicted octanol–water partition coefficient (Wildman–Crippen LogP) is 5.40. The predicted molar refractivity (Wildman–Crippen MR) is 174 cm³/mol. The molecule has 0 radical (unpaired) electrons. The maximum Gasteiger partial charge on any atom is 0.319 e. The largest absolute Gasteiger partial charge is 0.508 e. The molecule has 4 aromatic rings. The van der Waals surface area contributed by atoms with Gasteiger partial charge in [0.2, 0.25) is 0 Å². The van der Waals surface area contributed by atoms with Crippen LogP contribution in [0.4, 0.5) is 10.2 Å². The average molecular weight is 615 g/mol. The minimum Gasteiger partial charge on any atom is -0.508 e. The van der Waals surface area contributed by atoms with Crippen molar-refractivity contribution in [2.75, 3.05) is 55.7 Å². The SMILES string of the molecule is CCc1cccc2cc(O)cc(-c3ncc4c(N5C[C@H]6CC[C@@H](C5)N6)nc(OCC5(CN6CCSCC6)CC5)nc4c3F)c12. The van der Waals surface area contributed by atoms with Crippen LogP contribution in [-0.2, 0) is 6.42 Å². The van der Waals surface area contributed by atoms with E-state index in [9.17, 15) is 5.11 Å². The van der Waals surface area contributed by atoms with Gasteiger partial charge in [-0.1, -0.05) is 25.1 Å². The van der Waals surface area contributed by atoms with Gasteiger partial charge in [0.15, 0.2) is 5.82 Å². The lowest BCUT2D eigenvalue weighted by atomic mass is 9.95. The summed E-state index contributed by atoms with van der Waals surface area (Å²) in [4.78, 5) is 19.2. The van der Waals surface area contributed by atoms with Crippen LogP contribution < -0.4 is 15.0 Å². The van der Waals surface area contributed by atoms with E-state index in [2.05, 4.69) is 27.0 Å². The number of thioether (sulfide) groups is 1. The highest BCUT2D eigenvalue weighted by Gasteiger charge is 2.45. The molecule has 0 spiro atoms. The molecule has 0 unspecified atom stereocenters. The summed E-state index contributed by atoms with van der Waals surface area (Å²) < 4.78 is 23.2. The van der Waals surface area contributed by atoms with Crippen LogP contribution in [-0.4, -0.2) is 87.9 Å². The lowest BCUT2D eigenvalue weighted by molar-refractivity contribution is 0.161. The Balaban J connectivity index is 1.21. The van der Waals surface area contributed by atoms with Gasteiger partial charge in [-0.05, 0) is 60.6 Å². The topological polar surface area (TPSA) is 86.6 Å². The van der Waals surface area contributed by atoms with Crippen molar-refractivity contribution in [2.45, 2.75) is 51.1 Å². The molecule has 4 aliphatic rings. The van der Waals surface area contributed by atoms with Crippen molar-refractivity contribution in [3.8, 4) is 23.0 Å². The van der Waals surface area contributed by atoms with Crippen LogP contribution in [0.1, 0.15) is 38.2 Å². The Kier molecular flexibility index (Phi) is 7.26. The molecule has 2 bridgehead atoms. The first kappa shape index (κ1) is 28.3. The minimum absolute atomic E-state index is 0.0766. The average Bonchev–Trinajstić information content (AvgIpc) is 3.73. The molecule has 2 aromatic heterocycles. The molecule has 4 fully saturated rings. The van der Waals surface area contributed by atoms with Crippen LogP contribution in [0, 0.1) is 11.2 Å². The number of fused-ring (bicyclic) bond motifs is 4. The molecule has 2 N–H and O–H groups in total. The standard InChI is InChI=1S/C34H39FN6O2S/c1-2-21-4-3-5-22-14-25(42)15-26(28(21)22)30-29(35)31-27(16-36-30)32(41-17-23-6-7-24(18-41)37-23)39-33(38-31)43-20-34(8-9-34)19-40-10-12-44-13-11-40/h3-5,14-16,23-24,37,42H,2,6-13,17-20H2,1H3/t23-,24+. The number of piperazine rings is 1. The van der Waals surface area contributed by atoms with Crippen molar-refractivity contribution in [3.63, 3.8) is 0 Å². The summed E-state index contributed by atoms with van der Waals surface area (Å²) in [7, 11) is 0. The Hall–Kier alpha value is -3.21. The van der Waals surface area contributed by atoms with Crippen LogP contribution >= 0.6 is 11.8 Å². The number of nitrogens with zero attached hydrogens (tertiary/aromatic N) is 5. The summed E-state index contributed by atoms with van der Waals surface area (Å²) in [5.74, 6) is 2.62. The quantitative estimate of drug-likeness (QED) is 0.271. The van der Waals surface area contributed by atoms with E-state index in [-0.39, 0.29) is 28.4 Å². The number of aryl methyl sites for hydroxylation is 1. The highest BCUT2D eigenvalue weighted by Crippen LogP contribution is 2.47. The number of ether oxygens (including phenoxy) is 1. The Labute approximate surface area is 261 Å². The van der Waals surface area contributed by atoms with Crippen LogP contribution in [0.2, 0.25) is 0 Å². The number of phenolic OH excluding ortho intramolecular Hbond substituents is 1. The molecule has 8 rings (SSSR count). The number of anilines is 1. The Morgan fingerprint density at radius 2 is 1.91 bits per heavy atom. The van der Waals surface area contributed by atoms with Gasteiger partial charge in [0.1, 0.15) is 22.8 Å². The number of hydrogen-bond acceptors (Lipinski definition) is 9. The molecule has 8 nitrogen and oxygen atoms in total. The molecule has 2 atom stereocenters. The van der Waals surface area contributed by atoms with E-state index in [1.807, 2.05) is 30.0 Å². The normalized spacial score (nSPS) is 23.0. The molecule has 230 valence electrons. The lowest BCUT2D eigenvalue weighted by Gasteiger charge is -2.34. The monoisotopic (exact) mass is 614 g/mol. The van der Waals surface area contributed by atoms with E-state index in [0.717, 1.165) is 81.2 Å². The smallest absolute Gasteiger partial charge is 0.319 e. The van der Waals surface area contributed by atoms with E-state index in [0.29, 0.717) is 35.5 Å². The van der Waals surface area contributed by atoms with Gasteiger partial charge in [-0.2, -0.15) is 21.7 Å². The van der Waals surface area contributed by atoms with Crippen molar-refractivity contribution < 1.29 is 14.2 Å². The molecule has 1 aliphatic carbocycles. The summed E-state index contributed by atoms with van der Waals surface area (Å²) in [5.41, 5.74) is 2.15. The van der Waals surface area contributed by atoms with Gasteiger partial charge in [0.05, 0.1) is 12.0 Å². The van der Waals surface area contributed by atoms with E-state index < -0.39 is 5.82 Å². The zero-order valence-corrected chi connectivity index (χ0v) is 26.0. The van der Waals surface area contributed by atoms with Crippen LogP contribution in [0.25, 0.3) is 32.9 Å². The maximum absolute atomic E-state index is 16.8. The number of hydrogen-bond donors (Lipinski definition) is 2. The first-order chi connectivity index (χ1) is 21.5. The fourth-order valence-corrected chi connectivity index (χ4v) is 8.41. The summed E-state index contributed by atoms with van der Waals surface area (Å²) in [5, 5.41) is 16.6. The number of aromatic nitrogens is 3. The van der Waals surface area contributed by atoms with Crippen molar-refractivity contribution in [2.24, 2.45) is 5.41 Å². The van der Waals surface area contributed by atoms with Crippen molar-refractivity contribution in [1.82, 2.24) is 25.2 Å². The Bertz CT molecular complexity index is 1710. The fourth-order valence-electron chi connectivity index (χ4n) is 7.43. The van der Waals surface area contributed by atoms with Gasteiger partial charge in [-0.3, -0.25) is 4.98 Å². The molecular formula is C34H39FN6O2S. The summed E-state index contributed by atoms with van der Waals surface area (Å²) in [6.07, 6.45) is 7.00. The number of halogens is 1. The molecule has 0 amide bonds. The number of aromatic hydroxyl groups is 1. The number of rotatable bonds is 8. The van der Waals surface area contributed by atoms with Crippen LogP contribution in [0.15, 0.2) is 36.5 Å².